The first-order valence-electron chi connectivity index (χ1n) is 6.70. The van der Waals surface area contributed by atoms with Crippen molar-refractivity contribution in [3.05, 3.63) is 65.6 Å². The van der Waals surface area contributed by atoms with E-state index in [9.17, 15) is 4.79 Å². The monoisotopic (exact) mass is 280 g/mol. The molecule has 5 heteroatoms. The van der Waals surface area contributed by atoms with Gasteiger partial charge in [0.05, 0.1) is 12.2 Å². The predicted octanol–water partition coefficient (Wildman–Crippen LogP) is 2.00. The van der Waals surface area contributed by atoms with Crippen LogP contribution in [0.4, 0.5) is 0 Å². The van der Waals surface area contributed by atoms with Gasteiger partial charge in [-0.3, -0.25) is 10.2 Å². The number of hydrazine groups is 1. The van der Waals surface area contributed by atoms with Gasteiger partial charge in [0.2, 0.25) is 0 Å². The predicted molar refractivity (Wildman–Crippen MR) is 81.7 cm³/mol. The molecule has 3 N–H and O–H groups in total. The largest absolute Gasteiger partial charge is 0.341 e. The molecule has 0 radical (unpaired) electrons. The van der Waals surface area contributed by atoms with Gasteiger partial charge in [-0.15, -0.1) is 0 Å². The van der Waals surface area contributed by atoms with Gasteiger partial charge < -0.3 is 4.57 Å². The van der Waals surface area contributed by atoms with Crippen molar-refractivity contribution < 1.29 is 4.79 Å². The Kier molecular flexibility index (Phi) is 3.41. The van der Waals surface area contributed by atoms with Gasteiger partial charge in [-0.2, -0.15) is 0 Å². The SMILES string of the molecule is Cc1ccc2c(ccn2Cc2cccc(C(=O)NN)n2)c1. The Morgan fingerprint density at radius 1 is 1.29 bits per heavy atom. The molecule has 1 aromatic carbocycles. The molecule has 21 heavy (non-hydrogen) atoms. The molecular weight excluding hydrogens is 264 g/mol. The number of nitrogens with zero attached hydrogens (tertiary/aromatic N) is 2. The van der Waals surface area contributed by atoms with Gasteiger partial charge in [0.1, 0.15) is 5.69 Å². The van der Waals surface area contributed by atoms with E-state index in [1.165, 1.54) is 10.9 Å². The van der Waals surface area contributed by atoms with Crippen molar-refractivity contribution in [1.82, 2.24) is 15.0 Å². The quantitative estimate of drug-likeness (QED) is 0.438. The van der Waals surface area contributed by atoms with Crippen LogP contribution in [0.15, 0.2) is 48.7 Å². The molecule has 3 rings (SSSR count). The number of nitrogen functional groups attached to an aromatic ring is 1. The molecule has 3 aromatic rings. The van der Waals surface area contributed by atoms with Crippen LogP contribution < -0.4 is 11.3 Å². The molecule has 2 aromatic heterocycles. The van der Waals surface area contributed by atoms with Gasteiger partial charge >= 0.3 is 0 Å². The zero-order valence-corrected chi connectivity index (χ0v) is 11.7. The summed E-state index contributed by atoms with van der Waals surface area (Å²) in [7, 11) is 0. The number of hydrogen-bond donors (Lipinski definition) is 2. The van der Waals surface area contributed by atoms with Gasteiger partial charge in [0, 0.05) is 11.7 Å². The van der Waals surface area contributed by atoms with Crippen molar-refractivity contribution in [2.75, 3.05) is 0 Å². The van der Waals surface area contributed by atoms with Gasteiger partial charge in [-0.05, 0) is 42.6 Å². The van der Waals surface area contributed by atoms with E-state index in [4.69, 9.17) is 5.84 Å². The summed E-state index contributed by atoms with van der Waals surface area (Å²) in [6, 6.07) is 13.8. The van der Waals surface area contributed by atoms with Crippen LogP contribution in [0.5, 0.6) is 0 Å². The highest BCUT2D eigenvalue weighted by Crippen LogP contribution is 2.18. The fourth-order valence-corrected chi connectivity index (χ4v) is 2.40. The Labute approximate surface area is 122 Å². The topological polar surface area (TPSA) is 72.9 Å². The highest BCUT2D eigenvalue weighted by molar-refractivity contribution is 5.91. The summed E-state index contributed by atoms with van der Waals surface area (Å²) in [5.74, 6) is 4.75. The molecule has 0 aliphatic heterocycles. The molecule has 0 atom stereocenters. The molecule has 2 heterocycles. The van der Waals surface area contributed by atoms with E-state index in [1.807, 2.05) is 18.3 Å². The molecule has 0 saturated carbocycles. The fraction of sp³-hybridized carbons (Fsp3) is 0.125. The Balaban J connectivity index is 1.93. The number of aryl methyl sites for hydroxylation is 1. The summed E-state index contributed by atoms with van der Waals surface area (Å²) in [4.78, 5) is 15.8. The second-order valence-electron chi connectivity index (χ2n) is 4.99. The molecule has 5 nitrogen and oxygen atoms in total. The lowest BCUT2D eigenvalue weighted by atomic mass is 10.2. The summed E-state index contributed by atoms with van der Waals surface area (Å²) in [6.45, 7) is 2.69. The molecule has 0 aliphatic rings. The summed E-state index contributed by atoms with van der Waals surface area (Å²) in [5.41, 5.74) is 5.62. The van der Waals surface area contributed by atoms with Crippen LogP contribution in [-0.4, -0.2) is 15.5 Å². The summed E-state index contributed by atoms with van der Waals surface area (Å²) in [5, 5.41) is 1.20. The smallest absolute Gasteiger partial charge is 0.283 e. The molecular formula is C16H16N4O. The standard InChI is InChI=1S/C16H16N4O/c1-11-5-6-15-12(9-11)7-8-20(15)10-13-3-2-4-14(18-13)16(21)19-17/h2-9H,10,17H2,1H3,(H,19,21). The molecule has 0 bridgehead atoms. The van der Waals surface area contributed by atoms with E-state index in [2.05, 4.69) is 46.2 Å². The maximum Gasteiger partial charge on any atom is 0.283 e. The summed E-state index contributed by atoms with van der Waals surface area (Å²) >= 11 is 0. The first kappa shape index (κ1) is 13.3. The van der Waals surface area contributed by atoms with Crippen molar-refractivity contribution in [1.29, 1.82) is 0 Å². The molecule has 0 spiro atoms. The van der Waals surface area contributed by atoms with Crippen LogP contribution in [0.1, 0.15) is 21.7 Å². The van der Waals surface area contributed by atoms with Crippen LogP contribution in [0, 0.1) is 6.92 Å². The number of pyridine rings is 1. The van der Waals surface area contributed by atoms with Crippen LogP contribution >= 0.6 is 0 Å². The van der Waals surface area contributed by atoms with Crippen molar-refractivity contribution in [2.24, 2.45) is 5.84 Å². The number of carbonyl (C=O) groups is 1. The van der Waals surface area contributed by atoms with E-state index >= 15 is 0 Å². The Hall–Kier alpha value is -2.66. The average Bonchev–Trinajstić information content (AvgIpc) is 2.89. The normalized spacial score (nSPS) is 10.8. The molecule has 1 amide bonds. The lowest BCUT2D eigenvalue weighted by Gasteiger charge is -2.07. The minimum Gasteiger partial charge on any atom is -0.341 e. The van der Waals surface area contributed by atoms with Crippen LogP contribution in [0.3, 0.4) is 0 Å². The van der Waals surface area contributed by atoms with Crippen molar-refractivity contribution in [3.8, 4) is 0 Å². The summed E-state index contributed by atoms with van der Waals surface area (Å²) in [6.07, 6.45) is 2.03. The maximum absolute atomic E-state index is 11.5. The van der Waals surface area contributed by atoms with E-state index in [0.29, 0.717) is 12.2 Å². The number of hydrogen-bond acceptors (Lipinski definition) is 3. The number of amides is 1. The second-order valence-corrected chi connectivity index (χ2v) is 4.99. The zero-order valence-electron chi connectivity index (χ0n) is 11.7. The lowest BCUT2D eigenvalue weighted by molar-refractivity contribution is 0.0948. The molecule has 106 valence electrons. The van der Waals surface area contributed by atoms with Crippen molar-refractivity contribution >= 4 is 16.8 Å². The number of aromatic nitrogens is 2. The molecule has 0 fully saturated rings. The third-order valence-corrected chi connectivity index (χ3v) is 3.43. The van der Waals surface area contributed by atoms with Crippen molar-refractivity contribution in [3.63, 3.8) is 0 Å². The number of nitrogens with one attached hydrogen (secondary N) is 1. The molecule has 0 saturated heterocycles. The minimum absolute atomic E-state index is 0.322. The van der Waals surface area contributed by atoms with Gasteiger partial charge in [-0.25, -0.2) is 10.8 Å². The van der Waals surface area contributed by atoms with Gasteiger partial charge in [0.25, 0.3) is 5.91 Å². The Bertz CT molecular complexity index is 807. The minimum atomic E-state index is -0.384. The van der Waals surface area contributed by atoms with E-state index in [1.54, 1.807) is 6.07 Å². The van der Waals surface area contributed by atoms with Gasteiger partial charge in [-0.1, -0.05) is 17.7 Å². The third kappa shape index (κ3) is 2.64. The van der Waals surface area contributed by atoms with E-state index < -0.39 is 0 Å². The fourth-order valence-electron chi connectivity index (χ4n) is 2.40. The first-order chi connectivity index (χ1) is 10.2. The van der Waals surface area contributed by atoms with Crippen LogP contribution in [0.2, 0.25) is 0 Å². The van der Waals surface area contributed by atoms with Gasteiger partial charge in [0.15, 0.2) is 0 Å². The Morgan fingerprint density at radius 3 is 2.95 bits per heavy atom. The molecule has 0 aliphatic carbocycles. The van der Waals surface area contributed by atoms with E-state index in [0.717, 1.165) is 11.2 Å². The zero-order chi connectivity index (χ0) is 14.8. The average molecular weight is 280 g/mol. The number of carbonyl (C=O) groups excluding carboxylic acids is 1. The van der Waals surface area contributed by atoms with Crippen molar-refractivity contribution in [2.45, 2.75) is 13.5 Å². The highest BCUT2D eigenvalue weighted by atomic mass is 16.2. The number of benzene rings is 1. The summed E-state index contributed by atoms with van der Waals surface area (Å²) < 4.78 is 2.11. The second kappa shape index (κ2) is 5.38. The number of rotatable bonds is 3. The van der Waals surface area contributed by atoms with Crippen LogP contribution in [-0.2, 0) is 6.54 Å². The maximum atomic E-state index is 11.5. The third-order valence-electron chi connectivity index (χ3n) is 3.43. The van der Waals surface area contributed by atoms with Crippen LogP contribution in [0.25, 0.3) is 10.9 Å². The van der Waals surface area contributed by atoms with E-state index in [-0.39, 0.29) is 5.91 Å². The highest BCUT2D eigenvalue weighted by Gasteiger charge is 2.07. The number of nitrogens with two attached hydrogens (primary N) is 1. The Morgan fingerprint density at radius 2 is 2.14 bits per heavy atom. The molecule has 0 unspecified atom stereocenters. The number of fused-ring (bicyclic) bond motifs is 1. The first-order valence-corrected chi connectivity index (χ1v) is 6.70. The lowest BCUT2D eigenvalue weighted by Crippen LogP contribution is -2.30.